The highest BCUT2D eigenvalue weighted by Gasteiger charge is 2.49. The average Bonchev–Trinajstić information content (AvgIpc) is 2.52. The van der Waals surface area contributed by atoms with Crippen molar-refractivity contribution in [1.82, 2.24) is 10.2 Å². The van der Waals surface area contributed by atoms with Gasteiger partial charge in [-0.25, -0.2) is 9.59 Å². The molecule has 2 aliphatic heterocycles. The van der Waals surface area contributed by atoms with Crippen molar-refractivity contribution < 1.29 is 19.1 Å². The third-order valence-corrected chi connectivity index (χ3v) is 4.58. The van der Waals surface area contributed by atoms with Crippen LogP contribution < -0.4 is 5.32 Å². The molecule has 25 heavy (non-hydrogen) atoms. The Morgan fingerprint density at radius 1 is 1.12 bits per heavy atom. The Bertz CT molecular complexity index is 614. The fourth-order valence-corrected chi connectivity index (χ4v) is 3.54. The summed E-state index contributed by atoms with van der Waals surface area (Å²) in [5.74, 6) is 0. The zero-order chi connectivity index (χ0) is 18.0. The summed E-state index contributed by atoms with van der Waals surface area (Å²) < 4.78 is 10.7. The molecule has 3 aliphatic rings. The minimum Gasteiger partial charge on any atom is -0.445 e. The van der Waals surface area contributed by atoms with Gasteiger partial charge in [0.25, 0.3) is 0 Å². The molecule has 2 bridgehead atoms. The number of nitrogens with one attached hydrogen (secondary N) is 1. The summed E-state index contributed by atoms with van der Waals surface area (Å²) in [6.07, 6.45) is 1.82. The van der Waals surface area contributed by atoms with E-state index in [2.05, 4.69) is 5.32 Å². The van der Waals surface area contributed by atoms with E-state index in [1.165, 1.54) is 0 Å². The predicted octanol–water partition coefficient (Wildman–Crippen LogP) is 3.45. The Kier molecular flexibility index (Phi) is 4.88. The molecule has 0 spiro atoms. The van der Waals surface area contributed by atoms with Gasteiger partial charge in [-0.05, 0) is 45.6 Å². The molecule has 0 aromatic heterocycles. The molecule has 2 heterocycles. The van der Waals surface area contributed by atoms with Crippen molar-refractivity contribution in [3.8, 4) is 0 Å². The summed E-state index contributed by atoms with van der Waals surface area (Å²) >= 11 is 0. The molecule has 2 saturated heterocycles. The number of carbonyl (C=O) groups is 2. The molecule has 6 heteroatoms. The number of carbonyl (C=O) groups excluding carboxylic acids is 2. The second-order valence-corrected chi connectivity index (χ2v) is 7.81. The largest absolute Gasteiger partial charge is 0.445 e. The topological polar surface area (TPSA) is 67.9 Å². The minimum atomic E-state index is -0.486. The maximum atomic E-state index is 12.2. The number of fused-ring (bicyclic) bond motifs is 2. The smallest absolute Gasteiger partial charge is 0.410 e. The number of ether oxygens (including phenoxy) is 2. The van der Waals surface area contributed by atoms with E-state index in [4.69, 9.17) is 9.47 Å². The van der Waals surface area contributed by atoms with Crippen LogP contribution in [0.3, 0.4) is 0 Å². The molecular weight excluding hydrogens is 320 g/mol. The summed E-state index contributed by atoms with van der Waals surface area (Å²) in [6.45, 7) is 5.87. The number of nitrogens with zero attached hydrogens (tertiary/aromatic N) is 1. The molecule has 3 atom stereocenters. The molecule has 1 saturated carbocycles. The van der Waals surface area contributed by atoms with Crippen molar-refractivity contribution in [3.63, 3.8) is 0 Å². The number of alkyl carbamates (subject to hydrolysis) is 1. The van der Waals surface area contributed by atoms with Crippen LogP contribution in [0.5, 0.6) is 0 Å². The number of hydrogen-bond donors (Lipinski definition) is 1. The summed E-state index contributed by atoms with van der Waals surface area (Å²) in [5, 5.41) is 2.92. The second-order valence-electron chi connectivity index (χ2n) is 7.81. The first-order valence-corrected chi connectivity index (χ1v) is 8.80. The van der Waals surface area contributed by atoms with E-state index in [9.17, 15) is 9.59 Å². The van der Waals surface area contributed by atoms with Crippen molar-refractivity contribution in [1.29, 1.82) is 0 Å². The number of benzene rings is 1. The van der Waals surface area contributed by atoms with Crippen LogP contribution in [0.2, 0.25) is 0 Å². The molecule has 1 N–H and O–H groups in total. The van der Waals surface area contributed by atoms with Gasteiger partial charge in [-0.2, -0.15) is 0 Å². The Hall–Kier alpha value is -2.24. The van der Waals surface area contributed by atoms with E-state index in [1.54, 1.807) is 0 Å². The van der Waals surface area contributed by atoms with Gasteiger partial charge in [0.1, 0.15) is 12.2 Å². The SMILES string of the molecule is CC(C)(C)OC(=O)N1[C@@H]2C[C@@H](NC(=O)OCc3ccccc3)C[C@H]1C2. The normalized spacial score (nSPS) is 24.9. The van der Waals surface area contributed by atoms with Gasteiger partial charge in [-0.1, -0.05) is 30.3 Å². The van der Waals surface area contributed by atoms with Crippen LogP contribution in [0.15, 0.2) is 30.3 Å². The third-order valence-electron chi connectivity index (χ3n) is 4.58. The van der Waals surface area contributed by atoms with Crippen LogP contribution in [0.4, 0.5) is 9.59 Å². The molecule has 136 valence electrons. The van der Waals surface area contributed by atoms with Gasteiger partial charge in [0.05, 0.1) is 0 Å². The maximum Gasteiger partial charge on any atom is 0.410 e. The van der Waals surface area contributed by atoms with E-state index in [0.29, 0.717) is 0 Å². The van der Waals surface area contributed by atoms with Crippen molar-refractivity contribution in [3.05, 3.63) is 35.9 Å². The van der Waals surface area contributed by atoms with Gasteiger partial charge in [0, 0.05) is 18.1 Å². The van der Waals surface area contributed by atoms with Crippen LogP contribution in [-0.4, -0.2) is 40.8 Å². The number of piperidine rings is 1. The van der Waals surface area contributed by atoms with Gasteiger partial charge >= 0.3 is 12.2 Å². The molecule has 0 radical (unpaired) electrons. The fourth-order valence-electron chi connectivity index (χ4n) is 3.54. The molecule has 1 aromatic carbocycles. The van der Waals surface area contributed by atoms with Crippen LogP contribution in [0.25, 0.3) is 0 Å². The first kappa shape index (κ1) is 17.6. The van der Waals surface area contributed by atoms with Crippen LogP contribution in [-0.2, 0) is 16.1 Å². The molecule has 1 aromatic rings. The van der Waals surface area contributed by atoms with E-state index in [0.717, 1.165) is 24.8 Å². The van der Waals surface area contributed by atoms with Gasteiger partial charge in [-0.3, -0.25) is 0 Å². The van der Waals surface area contributed by atoms with Gasteiger partial charge < -0.3 is 19.7 Å². The Morgan fingerprint density at radius 3 is 2.36 bits per heavy atom. The molecule has 2 amide bonds. The fraction of sp³-hybridized carbons (Fsp3) is 0.579. The number of rotatable bonds is 3. The lowest BCUT2D eigenvalue weighted by atomic mass is 9.77. The Balaban J connectivity index is 1.43. The average molecular weight is 346 g/mol. The van der Waals surface area contributed by atoms with Crippen LogP contribution >= 0.6 is 0 Å². The Labute approximate surface area is 148 Å². The second kappa shape index (κ2) is 6.94. The predicted molar refractivity (Wildman–Crippen MR) is 93.1 cm³/mol. The highest BCUT2D eigenvalue weighted by molar-refractivity contribution is 5.71. The molecule has 0 unspecified atom stereocenters. The lowest BCUT2D eigenvalue weighted by Gasteiger charge is -2.54. The quantitative estimate of drug-likeness (QED) is 0.910. The molecule has 1 aliphatic carbocycles. The molecule has 3 fully saturated rings. The van der Waals surface area contributed by atoms with Crippen molar-refractivity contribution in [2.45, 2.75) is 70.4 Å². The first-order chi connectivity index (χ1) is 11.8. The van der Waals surface area contributed by atoms with E-state index in [1.807, 2.05) is 56.0 Å². The molecule has 4 rings (SSSR count). The van der Waals surface area contributed by atoms with Crippen LogP contribution in [0, 0.1) is 0 Å². The summed E-state index contributed by atoms with van der Waals surface area (Å²) in [7, 11) is 0. The van der Waals surface area contributed by atoms with Gasteiger partial charge in [0.2, 0.25) is 0 Å². The lowest BCUT2D eigenvalue weighted by Crippen LogP contribution is -2.66. The maximum absolute atomic E-state index is 12.2. The first-order valence-electron chi connectivity index (χ1n) is 8.80. The van der Waals surface area contributed by atoms with E-state index < -0.39 is 11.7 Å². The van der Waals surface area contributed by atoms with Crippen LogP contribution in [0.1, 0.15) is 45.6 Å². The van der Waals surface area contributed by atoms with E-state index >= 15 is 0 Å². The van der Waals surface area contributed by atoms with Gasteiger partial charge in [-0.15, -0.1) is 0 Å². The highest BCUT2D eigenvalue weighted by atomic mass is 16.6. The zero-order valence-electron chi connectivity index (χ0n) is 15.0. The third kappa shape index (κ3) is 4.44. The Morgan fingerprint density at radius 2 is 1.76 bits per heavy atom. The number of hydrogen-bond acceptors (Lipinski definition) is 4. The highest BCUT2D eigenvalue weighted by Crippen LogP contribution is 2.39. The zero-order valence-corrected chi connectivity index (χ0v) is 15.0. The van der Waals surface area contributed by atoms with Gasteiger partial charge in [0.15, 0.2) is 0 Å². The lowest BCUT2D eigenvalue weighted by molar-refractivity contribution is -0.0583. The monoisotopic (exact) mass is 346 g/mol. The van der Waals surface area contributed by atoms with Crippen molar-refractivity contribution in [2.24, 2.45) is 0 Å². The minimum absolute atomic E-state index is 0.0470. The number of amides is 2. The summed E-state index contributed by atoms with van der Waals surface area (Å²) in [5.41, 5.74) is 0.472. The molecule has 6 nitrogen and oxygen atoms in total. The van der Waals surface area contributed by atoms with Crippen molar-refractivity contribution in [2.75, 3.05) is 0 Å². The summed E-state index contributed by atoms with van der Waals surface area (Å²) in [6, 6.07) is 9.93. The standard InChI is InChI=1S/C19H26N2O4/c1-19(2,3)25-18(23)21-15-9-14(10-16(21)11-15)20-17(22)24-12-13-7-5-4-6-8-13/h4-8,14-16H,9-12H2,1-3H3,(H,20,22)/t14-,15-,16+. The molecular formula is C19H26N2O4. The van der Waals surface area contributed by atoms with Crippen molar-refractivity contribution >= 4 is 12.2 Å². The summed E-state index contributed by atoms with van der Waals surface area (Å²) in [4.78, 5) is 26.0. The van der Waals surface area contributed by atoms with E-state index in [-0.39, 0.29) is 30.8 Å².